The van der Waals surface area contributed by atoms with E-state index >= 15 is 0 Å². The third-order valence-corrected chi connectivity index (χ3v) is 2.38. The molecule has 1 atom stereocenters. The van der Waals surface area contributed by atoms with Gasteiger partial charge in [0.05, 0.1) is 18.8 Å². The van der Waals surface area contributed by atoms with E-state index < -0.39 is 0 Å². The van der Waals surface area contributed by atoms with Crippen LogP contribution in [0.15, 0.2) is 0 Å². The Morgan fingerprint density at radius 1 is 1.15 bits per heavy atom. The predicted molar refractivity (Wildman–Crippen MR) is 55.9 cm³/mol. The quantitative estimate of drug-likeness (QED) is 0.634. The fourth-order valence-corrected chi connectivity index (χ4v) is 1.64. The minimum Gasteiger partial charge on any atom is -0.394 e. The van der Waals surface area contributed by atoms with E-state index in [-0.39, 0.29) is 12.2 Å². The number of ether oxygens (including phenoxy) is 1. The molecule has 0 rings (SSSR count). The standard InChI is InChI=1S/C11H24O2/c1-4-6-8-11(3,7-5-2)13-10-9-12/h12H,4-10H2,1-3H3. The van der Waals surface area contributed by atoms with E-state index in [2.05, 4.69) is 20.8 Å². The SMILES string of the molecule is CCCCC(C)(CCC)OCCO. The van der Waals surface area contributed by atoms with E-state index in [1.54, 1.807) is 0 Å². The van der Waals surface area contributed by atoms with Crippen LogP contribution < -0.4 is 0 Å². The third kappa shape index (κ3) is 6.05. The molecule has 2 heteroatoms. The maximum atomic E-state index is 8.70. The first-order valence-electron chi connectivity index (χ1n) is 5.43. The Labute approximate surface area is 82.3 Å². The highest BCUT2D eigenvalue weighted by atomic mass is 16.5. The zero-order valence-electron chi connectivity index (χ0n) is 9.31. The predicted octanol–water partition coefficient (Wildman–Crippen LogP) is 2.74. The molecule has 0 bridgehead atoms. The molecule has 1 N–H and O–H groups in total. The summed E-state index contributed by atoms with van der Waals surface area (Å²) in [6.45, 7) is 7.12. The molecule has 0 aliphatic carbocycles. The van der Waals surface area contributed by atoms with Crippen molar-refractivity contribution in [2.45, 2.75) is 58.5 Å². The Morgan fingerprint density at radius 3 is 2.31 bits per heavy atom. The van der Waals surface area contributed by atoms with Crippen molar-refractivity contribution in [1.29, 1.82) is 0 Å². The number of rotatable bonds is 8. The van der Waals surface area contributed by atoms with Crippen LogP contribution in [0, 0.1) is 0 Å². The van der Waals surface area contributed by atoms with E-state index in [0.29, 0.717) is 6.61 Å². The Kier molecular flexibility index (Phi) is 7.29. The summed E-state index contributed by atoms with van der Waals surface area (Å²) in [4.78, 5) is 0. The maximum Gasteiger partial charge on any atom is 0.0705 e. The molecule has 0 aromatic rings. The van der Waals surface area contributed by atoms with Crippen molar-refractivity contribution >= 4 is 0 Å². The molecule has 0 radical (unpaired) electrons. The second-order valence-corrected chi connectivity index (χ2v) is 3.88. The molecular weight excluding hydrogens is 164 g/mol. The first-order chi connectivity index (χ1) is 6.18. The van der Waals surface area contributed by atoms with Crippen molar-refractivity contribution in [2.75, 3.05) is 13.2 Å². The van der Waals surface area contributed by atoms with Crippen LogP contribution in [0.3, 0.4) is 0 Å². The van der Waals surface area contributed by atoms with Gasteiger partial charge >= 0.3 is 0 Å². The summed E-state index contributed by atoms with van der Waals surface area (Å²) in [6, 6.07) is 0. The van der Waals surface area contributed by atoms with Crippen LogP contribution in [0.4, 0.5) is 0 Å². The average molecular weight is 188 g/mol. The van der Waals surface area contributed by atoms with Crippen molar-refractivity contribution in [3.63, 3.8) is 0 Å². The largest absolute Gasteiger partial charge is 0.394 e. The summed E-state index contributed by atoms with van der Waals surface area (Å²) < 4.78 is 5.67. The molecule has 0 aromatic heterocycles. The van der Waals surface area contributed by atoms with E-state index in [0.717, 1.165) is 19.3 Å². The van der Waals surface area contributed by atoms with Crippen LogP contribution in [0.2, 0.25) is 0 Å². The lowest BCUT2D eigenvalue weighted by atomic mass is 9.94. The molecule has 1 unspecified atom stereocenters. The Hall–Kier alpha value is -0.0800. The molecule has 0 saturated carbocycles. The molecule has 13 heavy (non-hydrogen) atoms. The highest BCUT2D eigenvalue weighted by molar-refractivity contribution is 4.74. The van der Waals surface area contributed by atoms with Gasteiger partial charge in [-0.3, -0.25) is 0 Å². The Balaban J connectivity index is 3.84. The molecule has 0 fully saturated rings. The van der Waals surface area contributed by atoms with Crippen molar-refractivity contribution in [1.82, 2.24) is 0 Å². The van der Waals surface area contributed by atoms with E-state index in [1.807, 2.05) is 0 Å². The Bertz CT molecular complexity index is 105. The van der Waals surface area contributed by atoms with Gasteiger partial charge in [0, 0.05) is 0 Å². The lowest BCUT2D eigenvalue weighted by Gasteiger charge is -2.29. The molecule has 0 amide bonds. The summed E-state index contributed by atoms with van der Waals surface area (Å²) in [5.74, 6) is 0. The zero-order valence-corrected chi connectivity index (χ0v) is 9.31. The topological polar surface area (TPSA) is 29.5 Å². The summed E-state index contributed by atoms with van der Waals surface area (Å²) in [6.07, 6.45) is 5.76. The van der Waals surface area contributed by atoms with Gasteiger partial charge in [0.2, 0.25) is 0 Å². The van der Waals surface area contributed by atoms with E-state index in [1.165, 1.54) is 12.8 Å². The lowest BCUT2D eigenvalue weighted by Crippen LogP contribution is -2.29. The first kappa shape index (κ1) is 12.9. The molecule has 0 aliphatic heterocycles. The smallest absolute Gasteiger partial charge is 0.0705 e. The minimum atomic E-state index is -0.00646. The molecule has 0 aliphatic rings. The second-order valence-electron chi connectivity index (χ2n) is 3.88. The number of hydrogen-bond donors (Lipinski definition) is 1. The minimum absolute atomic E-state index is 0.00646. The van der Waals surface area contributed by atoms with Gasteiger partial charge in [0.1, 0.15) is 0 Å². The van der Waals surface area contributed by atoms with Gasteiger partial charge in [-0.25, -0.2) is 0 Å². The van der Waals surface area contributed by atoms with Gasteiger partial charge in [-0.1, -0.05) is 33.1 Å². The summed E-state index contributed by atoms with van der Waals surface area (Å²) in [5.41, 5.74) is -0.00646. The van der Waals surface area contributed by atoms with Gasteiger partial charge in [0.25, 0.3) is 0 Å². The fourth-order valence-electron chi connectivity index (χ4n) is 1.64. The molecule has 2 nitrogen and oxygen atoms in total. The number of unbranched alkanes of at least 4 members (excludes halogenated alkanes) is 1. The van der Waals surface area contributed by atoms with Crippen molar-refractivity contribution in [3.8, 4) is 0 Å². The first-order valence-corrected chi connectivity index (χ1v) is 5.43. The molecule has 0 spiro atoms. The number of hydrogen-bond acceptors (Lipinski definition) is 2. The van der Waals surface area contributed by atoms with Crippen LogP contribution in [-0.2, 0) is 4.74 Å². The van der Waals surface area contributed by atoms with Gasteiger partial charge in [0.15, 0.2) is 0 Å². The van der Waals surface area contributed by atoms with E-state index in [4.69, 9.17) is 9.84 Å². The van der Waals surface area contributed by atoms with Crippen LogP contribution in [-0.4, -0.2) is 23.9 Å². The van der Waals surface area contributed by atoms with Crippen molar-refractivity contribution in [3.05, 3.63) is 0 Å². The number of aliphatic hydroxyl groups excluding tert-OH is 1. The monoisotopic (exact) mass is 188 g/mol. The molecule has 0 aromatic carbocycles. The highest BCUT2D eigenvalue weighted by Crippen LogP contribution is 2.24. The molecule has 0 heterocycles. The normalized spacial score (nSPS) is 15.7. The van der Waals surface area contributed by atoms with Crippen molar-refractivity contribution in [2.24, 2.45) is 0 Å². The lowest BCUT2D eigenvalue weighted by molar-refractivity contribution is -0.0577. The number of aliphatic hydroxyl groups is 1. The van der Waals surface area contributed by atoms with Crippen LogP contribution in [0.5, 0.6) is 0 Å². The zero-order chi connectivity index (χ0) is 10.2. The second kappa shape index (κ2) is 7.34. The summed E-state index contributed by atoms with van der Waals surface area (Å²) in [5, 5.41) is 8.70. The van der Waals surface area contributed by atoms with Gasteiger partial charge < -0.3 is 9.84 Å². The van der Waals surface area contributed by atoms with Crippen LogP contribution in [0.25, 0.3) is 0 Å². The van der Waals surface area contributed by atoms with Gasteiger partial charge in [-0.05, 0) is 19.8 Å². The van der Waals surface area contributed by atoms with Crippen LogP contribution in [0.1, 0.15) is 52.9 Å². The molecule has 0 saturated heterocycles. The van der Waals surface area contributed by atoms with E-state index in [9.17, 15) is 0 Å². The van der Waals surface area contributed by atoms with Crippen LogP contribution >= 0.6 is 0 Å². The third-order valence-electron chi connectivity index (χ3n) is 2.38. The highest BCUT2D eigenvalue weighted by Gasteiger charge is 2.22. The maximum absolute atomic E-state index is 8.70. The molecule has 80 valence electrons. The molecular formula is C11H24O2. The summed E-state index contributed by atoms with van der Waals surface area (Å²) in [7, 11) is 0. The average Bonchev–Trinajstić information content (AvgIpc) is 2.12. The van der Waals surface area contributed by atoms with Gasteiger partial charge in [-0.15, -0.1) is 0 Å². The van der Waals surface area contributed by atoms with Crippen molar-refractivity contribution < 1.29 is 9.84 Å². The fraction of sp³-hybridized carbons (Fsp3) is 1.00. The Morgan fingerprint density at radius 2 is 1.85 bits per heavy atom. The van der Waals surface area contributed by atoms with Gasteiger partial charge in [-0.2, -0.15) is 0 Å². The summed E-state index contributed by atoms with van der Waals surface area (Å²) >= 11 is 0.